The first-order chi connectivity index (χ1) is 25.9. The van der Waals surface area contributed by atoms with E-state index in [-0.39, 0.29) is 41.6 Å². The second kappa shape index (κ2) is 18.0. The SMILES string of the molecule is CC(=O)N1CC(C)(C)c2ccc(C)cc21.CC(=O)N1CC2(CC2)c2ccc(C)cc21.CC(=O)N1CC2(CCC2)c2ccc(C)cc21.O=C=O.O=C=O.O=C=O. The van der Waals surface area contributed by atoms with Crippen LogP contribution in [-0.2, 0) is 59.4 Å². The van der Waals surface area contributed by atoms with Gasteiger partial charge in [0, 0.05) is 73.7 Å². The average molecular weight is 752 g/mol. The van der Waals surface area contributed by atoms with Crippen LogP contribution in [0.15, 0.2) is 54.6 Å². The molecule has 290 valence electrons. The highest BCUT2D eigenvalue weighted by Crippen LogP contribution is 2.56. The number of aryl methyl sites for hydroxylation is 3. The minimum absolute atomic E-state index is 0.0781. The van der Waals surface area contributed by atoms with E-state index in [1.54, 1.807) is 20.8 Å². The molecular weight excluding hydrogens is 702 g/mol. The summed E-state index contributed by atoms with van der Waals surface area (Å²) in [4.78, 5) is 89.3. The summed E-state index contributed by atoms with van der Waals surface area (Å²) < 4.78 is 0. The molecule has 8 rings (SSSR count). The second-order valence-corrected chi connectivity index (χ2v) is 15.4. The molecule has 2 aliphatic carbocycles. The largest absolute Gasteiger partial charge is 0.373 e. The number of amides is 3. The molecule has 0 saturated heterocycles. The molecule has 2 fully saturated rings. The molecule has 5 aliphatic rings. The van der Waals surface area contributed by atoms with Crippen molar-refractivity contribution in [3.8, 4) is 0 Å². The van der Waals surface area contributed by atoms with E-state index in [1.807, 2.05) is 14.7 Å². The fourth-order valence-corrected chi connectivity index (χ4v) is 8.03. The molecule has 0 aromatic heterocycles. The van der Waals surface area contributed by atoms with Crippen molar-refractivity contribution in [2.45, 2.75) is 104 Å². The van der Waals surface area contributed by atoms with Gasteiger partial charge in [-0.05, 0) is 98.0 Å². The summed E-state index contributed by atoms with van der Waals surface area (Å²) in [7, 11) is 0. The minimum atomic E-state index is 0.0781. The van der Waals surface area contributed by atoms with Gasteiger partial charge in [0.1, 0.15) is 0 Å². The molecule has 12 heteroatoms. The van der Waals surface area contributed by atoms with Crippen LogP contribution in [0.25, 0.3) is 0 Å². The van der Waals surface area contributed by atoms with E-state index in [0.29, 0.717) is 10.8 Å². The summed E-state index contributed by atoms with van der Waals surface area (Å²) in [5, 5.41) is 0. The van der Waals surface area contributed by atoms with Crippen LogP contribution in [0, 0.1) is 20.8 Å². The van der Waals surface area contributed by atoms with Crippen LogP contribution in [-0.4, -0.2) is 55.8 Å². The third-order valence-corrected chi connectivity index (χ3v) is 11.0. The van der Waals surface area contributed by atoms with Crippen LogP contribution in [0.1, 0.15) is 100 Å². The van der Waals surface area contributed by atoms with Crippen molar-refractivity contribution in [3.05, 3.63) is 88.0 Å². The molecule has 55 heavy (non-hydrogen) atoms. The summed E-state index contributed by atoms with van der Waals surface area (Å²) in [5.41, 5.74) is 11.9. The van der Waals surface area contributed by atoms with Gasteiger partial charge in [-0.2, -0.15) is 28.8 Å². The molecule has 0 bridgehead atoms. The number of anilines is 3. The van der Waals surface area contributed by atoms with Gasteiger partial charge in [-0.1, -0.05) is 56.7 Å². The number of carbonyl (C=O) groups is 3. The maximum Gasteiger partial charge on any atom is 0.373 e. The number of hydrogen-bond donors (Lipinski definition) is 0. The van der Waals surface area contributed by atoms with Gasteiger partial charge in [0.05, 0.1) is 0 Å². The van der Waals surface area contributed by atoms with Crippen LogP contribution in [0.2, 0.25) is 0 Å². The predicted molar refractivity (Wildman–Crippen MR) is 202 cm³/mol. The molecule has 3 aliphatic heterocycles. The third-order valence-electron chi connectivity index (χ3n) is 11.0. The molecule has 2 saturated carbocycles. The zero-order valence-corrected chi connectivity index (χ0v) is 32.9. The van der Waals surface area contributed by atoms with Gasteiger partial charge in [0.25, 0.3) is 0 Å². The Labute approximate surface area is 321 Å². The Kier molecular flexibility index (Phi) is 14.3. The van der Waals surface area contributed by atoms with Gasteiger partial charge in [-0.3, -0.25) is 14.4 Å². The molecule has 2 spiro atoms. The van der Waals surface area contributed by atoms with Crippen LogP contribution >= 0.6 is 0 Å². The van der Waals surface area contributed by atoms with Crippen molar-refractivity contribution in [3.63, 3.8) is 0 Å². The van der Waals surface area contributed by atoms with Crippen LogP contribution in [0.4, 0.5) is 17.1 Å². The lowest BCUT2D eigenvalue weighted by Crippen LogP contribution is -2.40. The zero-order chi connectivity index (χ0) is 41.3. The number of fused-ring (bicyclic) bond motifs is 5. The number of hydrogen-bond acceptors (Lipinski definition) is 9. The molecule has 3 amide bonds. The summed E-state index contributed by atoms with van der Waals surface area (Å²) >= 11 is 0. The third kappa shape index (κ3) is 9.66. The van der Waals surface area contributed by atoms with Crippen LogP contribution in [0.5, 0.6) is 0 Å². The molecule has 0 radical (unpaired) electrons. The Morgan fingerprint density at radius 3 is 1.07 bits per heavy atom. The van der Waals surface area contributed by atoms with E-state index in [4.69, 9.17) is 28.8 Å². The highest BCUT2D eigenvalue weighted by Gasteiger charge is 2.52. The second-order valence-electron chi connectivity index (χ2n) is 15.4. The van der Waals surface area contributed by atoms with E-state index in [2.05, 4.69) is 89.2 Å². The van der Waals surface area contributed by atoms with E-state index in [1.165, 1.54) is 65.5 Å². The fraction of sp³-hybridized carbons (Fsp3) is 0.442. The standard InChI is InChI=1S/C14H17NO.C13H15NO.C13H17NO.3CO2/c1-10-4-5-12-13(8-10)15(11(2)16)9-14(12)6-3-7-14;1-9-3-4-11-12(7-9)14(10(2)15)8-13(11)5-6-13;1-9-5-6-11-12(7-9)14(10(2)15)8-13(11,3)4;3*2-1-3/h4-5,8H,3,6-7,9H2,1-2H3;3-4,7H,5-6,8H2,1-2H3;5-7H,8H2,1-4H3;;;. The Hall–Kier alpha value is -5.79. The van der Waals surface area contributed by atoms with Crippen molar-refractivity contribution in [1.29, 1.82) is 0 Å². The number of rotatable bonds is 0. The monoisotopic (exact) mass is 751 g/mol. The van der Waals surface area contributed by atoms with E-state index < -0.39 is 0 Å². The van der Waals surface area contributed by atoms with E-state index >= 15 is 0 Å². The van der Waals surface area contributed by atoms with Gasteiger partial charge < -0.3 is 14.7 Å². The zero-order valence-electron chi connectivity index (χ0n) is 32.9. The molecule has 0 unspecified atom stereocenters. The Morgan fingerprint density at radius 1 is 0.491 bits per heavy atom. The van der Waals surface area contributed by atoms with Gasteiger partial charge in [0.15, 0.2) is 0 Å². The summed E-state index contributed by atoms with van der Waals surface area (Å²) in [6, 6.07) is 19.4. The van der Waals surface area contributed by atoms with Gasteiger partial charge in [-0.25, -0.2) is 0 Å². The molecule has 3 heterocycles. The van der Waals surface area contributed by atoms with Crippen molar-refractivity contribution >= 4 is 53.2 Å². The Balaban J connectivity index is 0.000000200. The first-order valence-electron chi connectivity index (χ1n) is 18.1. The molecule has 12 nitrogen and oxygen atoms in total. The first kappa shape index (κ1) is 43.6. The lowest BCUT2D eigenvalue weighted by Gasteiger charge is -2.38. The molecular formula is C43H49N3O9. The van der Waals surface area contributed by atoms with Crippen LogP contribution < -0.4 is 14.7 Å². The lowest BCUT2D eigenvalue weighted by atomic mass is 9.66. The molecule has 3 aromatic rings. The number of nitrogens with zero attached hydrogens (tertiary/aromatic N) is 3. The maximum atomic E-state index is 11.7. The highest BCUT2D eigenvalue weighted by molar-refractivity contribution is 5.96. The quantitative estimate of drug-likeness (QED) is 0.266. The molecule has 0 N–H and O–H groups in total. The highest BCUT2D eigenvalue weighted by atomic mass is 16.2. The summed E-state index contributed by atoms with van der Waals surface area (Å²) in [6.07, 6.45) is 7.03. The predicted octanol–water partition coefficient (Wildman–Crippen LogP) is 6.06. The number of benzene rings is 3. The lowest BCUT2D eigenvalue weighted by molar-refractivity contribution is -0.193. The minimum Gasteiger partial charge on any atom is -0.311 e. The van der Waals surface area contributed by atoms with Gasteiger partial charge >= 0.3 is 18.5 Å². The molecule has 3 aromatic carbocycles. The van der Waals surface area contributed by atoms with Crippen LogP contribution in [0.3, 0.4) is 0 Å². The van der Waals surface area contributed by atoms with Crippen molar-refractivity contribution in [2.75, 3.05) is 34.3 Å². The van der Waals surface area contributed by atoms with Crippen molar-refractivity contribution in [2.24, 2.45) is 0 Å². The summed E-state index contributed by atoms with van der Waals surface area (Å²) in [5.74, 6) is 0.480. The summed E-state index contributed by atoms with van der Waals surface area (Å²) in [6.45, 7) is 18.2. The smallest absolute Gasteiger partial charge is 0.311 e. The average Bonchev–Trinajstić information content (AvgIpc) is 3.57. The van der Waals surface area contributed by atoms with E-state index in [9.17, 15) is 14.4 Å². The maximum absolute atomic E-state index is 11.7. The normalized spacial score (nSPS) is 16.9. The molecule has 0 atom stereocenters. The Morgan fingerprint density at radius 2 is 0.782 bits per heavy atom. The van der Waals surface area contributed by atoms with Crippen molar-refractivity contribution in [1.82, 2.24) is 0 Å². The fourth-order valence-electron chi connectivity index (χ4n) is 8.03. The topological polar surface area (TPSA) is 163 Å². The van der Waals surface area contributed by atoms with Gasteiger partial charge in [0.2, 0.25) is 17.7 Å². The Bertz CT molecular complexity index is 1930. The van der Waals surface area contributed by atoms with Gasteiger partial charge in [-0.15, -0.1) is 0 Å². The number of carbonyl (C=O) groups excluding carboxylic acids is 9. The van der Waals surface area contributed by atoms with E-state index in [0.717, 1.165) is 36.7 Å². The van der Waals surface area contributed by atoms with Crippen molar-refractivity contribution < 1.29 is 43.2 Å². The first-order valence-corrected chi connectivity index (χ1v) is 18.1.